The van der Waals surface area contributed by atoms with Crippen LogP contribution in [0.25, 0.3) is 0 Å². The first-order valence-corrected chi connectivity index (χ1v) is 8.87. The van der Waals surface area contributed by atoms with Crippen molar-refractivity contribution in [1.29, 1.82) is 0 Å². The molecule has 1 amide bonds. The highest BCUT2D eigenvalue weighted by Crippen LogP contribution is 2.28. The monoisotopic (exact) mass is 366 g/mol. The summed E-state index contributed by atoms with van der Waals surface area (Å²) in [6.07, 6.45) is 6.16. The molecule has 2 N–H and O–H groups in total. The Labute approximate surface area is 152 Å². The number of non-ortho nitro benzene ring substituents is 1. The molecule has 144 valence electrons. The van der Waals surface area contributed by atoms with Crippen molar-refractivity contribution in [2.75, 3.05) is 11.9 Å². The van der Waals surface area contributed by atoms with Crippen molar-refractivity contribution in [3.05, 3.63) is 28.3 Å². The third-order valence-corrected chi connectivity index (χ3v) is 3.81. The highest BCUT2D eigenvalue weighted by atomic mass is 16.6. The van der Waals surface area contributed by atoms with Crippen LogP contribution >= 0.6 is 0 Å². The summed E-state index contributed by atoms with van der Waals surface area (Å²) in [7, 11) is 0. The number of amides is 1. The molecule has 0 radical (unpaired) electrons. The molecule has 0 aliphatic heterocycles. The molecule has 0 unspecified atom stereocenters. The molecule has 0 aromatic heterocycles. The highest BCUT2D eigenvalue weighted by Gasteiger charge is 2.12. The number of nitro groups is 1. The van der Waals surface area contributed by atoms with Crippen LogP contribution in [0.5, 0.6) is 5.75 Å². The second-order valence-corrected chi connectivity index (χ2v) is 5.93. The number of carbonyl (C=O) groups excluding carboxylic acids is 2. The first-order valence-electron chi connectivity index (χ1n) is 8.87. The Morgan fingerprint density at radius 1 is 1.12 bits per heavy atom. The molecule has 0 aliphatic carbocycles. The van der Waals surface area contributed by atoms with Gasteiger partial charge >= 0.3 is 5.97 Å². The normalized spacial score (nSPS) is 10.3. The quantitative estimate of drug-likeness (QED) is 0.190. The molecule has 0 heterocycles. The number of carbonyl (C=O) groups is 2. The van der Waals surface area contributed by atoms with Crippen LogP contribution in [0.3, 0.4) is 0 Å². The number of anilines is 1. The zero-order valence-electron chi connectivity index (χ0n) is 15.0. The number of nitrogens with zero attached hydrogens (tertiary/aromatic N) is 1. The molecule has 26 heavy (non-hydrogen) atoms. The maximum atomic E-state index is 11.8. The number of unbranched alkanes of at least 4 members (excludes halogenated alkanes) is 5. The fourth-order valence-corrected chi connectivity index (χ4v) is 2.45. The van der Waals surface area contributed by atoms with Gasteiger partial charge < -0.3 is 15.2 Å². The second-order valence-electron chi connectivity index (χ2n) is 5.93. The van der Waals surface area contributed by atoms with E-state index in [2.05, 4.69) is 5.32 Å². The van der Waals surface area contributed by atoms with Crippen LogP contribution in [0.1, 0.15) is 58.3 Å². The van der Waals surface area contributed by atoms with Crippen LogP contribution in [0.4, 0.5) is 11.4 Å². The number of aromatic hydroxyl groups is 1. The summed E-state index contributed by atoms with van der Waals surface area (Å²) in [5, 5.41) is 22.9. The first-order chi connectivity index (χ1) is 12.4. The van der Waals surface area contributed by atoms with Gasteiger partial charge in [0.2, 0.25) is 5.91 Å². The van der Waals surface area contributed by atoms with E-state index in [0.717, 1.165) is 44.6 Å². The van der Waals surface area contributed by atoms with Crippen LogP contribution in [0, 0.1) is 10.1 Å². The molecule has 8 nitrogen and oxygen atoms in total. The first kappa shape index (κ1) is 21.4. The summed E-state index contributed by atoms with van der Waals surface area (Å²) in [6, 6.07) is 3.55. The third-order valence-electron chi connectivity index (χ3n) is 3.81. The van der Waals surface area contributed by atoms with E-state index in [9.17, 15) is 24.8 Å². The molecular formula is C18H26N2O6. The van der Waals surface area contributed by atoms with Gasteiger partial charge in [-0.05, 0) is 25.8 Å². The van der Waals surface area contributed by atoms with Gasteiger partial charge in [-0.15, -0.1) is 0 Å². The van der Waals surface area contributed by atoms with E-state index < -0.39 is 4.92 Å². The largest absolute Gasteiger partial charge is 0.506 e. The summed E-state index contributed by atoms with van der Waals surface area (Å²) in [4.78, 5) is 33.0. The minimum Gasteiger partial charge on any atom is -0.506 e. The number of nitrogens with one attached hydrogen (secondary N) is 1. The van der Waals surface area contributed by atoms with Crippen molar-refractivity contribution < 1.29 is 24.4 Å². The number of nitro benzene ring substituents is 1. The fraction of sp³-hybridized carbons (Fsp3) is 0.556. The van der Waals surface area contributed by atoms with Gasteiger partial charge in [0.1, 0.15) is 5.75 Å². The lowest BCUT2D eigenvalue weighted by Crippen LogP contribution is -2.11. The Morgan fingerprint density at radius 3 is 2.31 bits per heavy atom. The van der Waals surface area contributed by atoms with Crippen molar-refractivity contribution >= 4 is 23.3 Å². The molecule has 8 heteroatoms. The summed E-state index contributed by atoms with van der Waals surface area (Å²) in [5.41, 5.74) is -0.0666. The minimum absolute atomic E-state index is 0.154. The number of esters is 1. The minimum atomic E-state index is -0.613. The van der Waals surface area contributed by atoms with Gasteiger partial charge in [0.05, 0.1) is 23.3 Å². The average Bonchev–Trinajstić information content (AvgIpc) is 2.59. The van der Waals surface area contributed by atoms with E-state index in [-0.39, 0.29) is 29.0 Å². The number of benzene rings is 1. The van der Waals surface area contributed by atoms with Crippen molar-refractivity contribution in [3.8, 4) is 5.75 Å². The van der Waals surface area contributed by atoms with Crippen LogP contribution in [0.2, 0.25) is 0 Å². The lowest BCUT2D eigenvalue weighted by Gasteiger charge is -2.07. The molecule has 0 bridgehead atoms. The van der Waals surface area contributed by atoms with Gasteiger partial charge in [-0.3, -0.25) is 19.7 Å². The number of hydrogen-bond donors (Lipinski definition) is 2. The molecule has 0 saturated heterocycles. The van der Waals surface area contributed by atoms with Gasteiger partial charge in [0.15, 0.2) is 0 Å². The molecule has 1 aromatic rings. The van der Waals surface area contributed by atoms with Crippen molar-refractivity contribution in [2.45, 2.75) is 58.3 Å². The van der Waals surface area contributed by atoms with Crippen LogP contribution in [-0.2, 0) is 14.3 Å². The smallest absolute Gasteiger partial charge is 0.305 e. The molecular weight excluding hydrogens is 340 g/mol. The van der Waals surface area contributed by atoms with Gasteiger partial charge in [-0.2, -0.15) is 0 Å². The molecule has 0 saturated carbocycles. The van der Waals surface area contributed by atoms with Gasteiger partial charge in [-0.25, -0.2) is 0 Å². The second kappa shape index (κ2) is 11.8. The van der Waals surface area contributed by atoms with Crippen LogP contribution in [0.15, 0.2) is 18.2 Å². The summed E-state index contributed by atoms with van der Waals surface area (Å²) < 4.78 is 4.85. The van der Waals surface area contributed by atoms with Crippen molar-refractivity contribution in [1.82, 2.24) is 0 Å². The van der Waals surface area contributed by atoms with E-state index in [0.29, 0.717) is 19.4 Å². The summed E-state index contributed by atoms with van der Waals surface area (Å²) in [5.74, 6) is -0.718. The SMILES string of the molecule is CCOC(=O)CCCCCCCCC(=O)Nc1ccc([N+](=O)[O-])cc1O. The molecule has 1 rings (SSSR count). The summed E-state index contributed by atoms with van der Waals surface area (Å²) in [6.45, 7) is 2.20. The molecule has 0 spiro atoms. The Bertz CT molecular complexity index is 618. The maximum absolute atomic E-state index is 11.8. The standard InChI is InChI=1S/C18H26N2O6/c1-2-26-18(23)10-8-6-4-3-5-7-9-17(22)19-15-12-11-14(20(24)25)13-16(15)21/h11-13,21H,2-10H2,1H3,(H,19,22). The summed E-state index contributed by atoms with van der Waals surface area (Å²) >= 11 is 0. The van der Waals surface area contributed by atoms with Crippen molar-refractivity contribution in [2.24, 2.45) is 0 Å². The molecule has 1 aromatic carbocycles. The van der Waals surface area contributed by atoms with E-state index in [1.165, 1.54) is 12.1 Å². The number of rotatable bonds is 12. The number of phenolic OH excluding ortho intramolecular Hbond substituents is 1. The lowest BCUT2D eigenvalue weighted by molar-refractivity contribution is -0.384. The Balaban J connectivity index is 2.14. The van der Waals surface area contributed by atoms with Gasteiger partial charge in [0, 0.05) is 18.9 Å². The van der Waals surface area contributed by atoms with Gasteiger partial charge in [-0.1, -0.05) is 25.7 Å². The number of phenols is 1. The molecule has 0 fully saturated rings. The van der Waals surface area contributed by atoms with Gasteiger partial charge in [0.25, 0.3) is 5.69 Å². The van der Waals surface area contributed by atoms with E-state index in [1.54, 1.807) is 6.92 Å². The lowest BCUT2D eigenvalue weighted by atomic mass is 10.1. The van der Waals surface area contributed by atoms with E-state index >= 15 is 0 Å². The molecule has 0 atom stereocenters. The zero-order valence-corrected chi connectivity index (χ0v) is 15.0. The Hall–Kier alpha value is -2.64. The van der Waals surface area contributed by atoms with Crippen molar-refractivity contribution in [3.63, 3.8) is 0 Å². The topological polar surface area (TPSA) is 119 Å². The van der Waals surface area contributed by atoms with Crippen LogP contribution in [-0.4, -0.2) is 28.5 Å². The highest BCUT2D eigenvalue weighted by molar-refractivity contribution is 5.92. The predicted molar refractivity (Wildman–Crippen MR) is 97.0 cm³/mol. The Kier molecular flexibility index (Phi) is 9.74. The average molecular weight is 366 g/mol. The van der Waals surface area contributed by atoms with E-state index in [1.807, 2.05) is 0 Å². The zero-order chi connectivity index (χ0) is 19.4. The number of hydrogen-bond acceptors (Lipinski definition) is 6. The molecule has 0 aliphatic rings. The fourth-order valence-electron chi connectivity index (χ4n) is 2.45. The third kappa shape index (κ3) is 8.46. The predicted octanol–water partition coefficient (Wildman–Crippen LogP) is 3.92. The maximum Gasteiger partial charge on any atom is 0.305 e. The van der Waals surface area contributed by atoms with Crippen LogP contribution < -0.4 is 5.32 Å². The number of ether oxygens (including phenoxy) is 1. The van der Waals surface area contributed by atoms with E-state index in [4.69, 9.17) is 4.74 Å². The Morgan fingerprint density at radius 2 is 1.73 bits per heavy atom.